The molecule has 3 aromatic carbocycles. The van der Waals surface area contributed by atoms with Gasteiger partial charge in [-0.05, 0) is 30.3 Å². The summed E-state index contributed by atoms with van der Waals surface area (Å²) in [6, 6.07) is 21.6. The van der Waals surface area contributed by atoms with Crippen molar-refractivity contribution in [1.82, 2.24) is 20.2 Å². The number of rotatable bonds is 8. The van der Waals surface area contributed by atoms with Crippen LogP contribution in [0.3, 0.4) is 0 Å². The van der Waals surface area contributed by atoms with Crippen molar-refractivity contribution in [2.24, 2.45) is 5.10 Å². The van der Waals surface area contributed by atoms with Crippen LogP contribution in [-0.4, -0.2) is 37.6 Å². The molecule has 0 bridgehead atoms. The minimum absolute atomic E-state index is 0.0253. The van der Waals surface area contributed by atoms with Gasteiger partial charge in [-0.25, -0.2) is 5.43 Å². The van der Waals surface area contributed by atoms with E-state index >= 15 is 0 Å². The number of carbonyl (C=O) groups excluding carboxylic acids is 1. The van der Waals surface area contributed by atoms with Gasteiger partial charge in [0.05, 0.1) is 16.9 Å². The van der Waals surface area contributed by atoms with Crippen molar-refractivity contribution in [3.8, 4) is 17.1 Å². The lowest BCUT2D eigenvalue weighted by atomic mass is 10.2. The number of aromatic nitrogens is 3. The highest BCUT2D eigenvalue weighted by Gasteiger charge is 2.17. The number of hydrazone groups is 1. The van der Waals surface area contributed by atoms with Crippen LogP contribution in [0, 0.1) is 10.1 Å². The highest BCUT2D eigenvalue weighted by Crippen LogP contribution is 2.28. The van der Waals surface area contributed by atoms with E-state index in [1.54, 1.807) is 6.07 Å². The third-order valence-electron chi connectivity index (χ3n) is 4.65. The molecule has 0 aliphatic carbocycles. The minimum atomic E-state index is -0.583. The first kappa shape index (κ1) is 24.6. The molecule has 9 nitrogen and oxygen atoms in total. The summed E-state index contributed by atoms with van der Waals surface area (Å²) < 4.78 is 2.82. The fraction of sp³-hybridized carbons (Fsp3) is 0.0435. The van der Waals surface area contributed by atoms with Crippen LogP contribution < -0.4 is 5.43 Å². The lowest BCUT2D eigenvalue weighted by Gasteiger charge is -2.10. The summed E-state index contributed by atoms with van der Waals surface area (Å²) in [6.07, 6.45) is 1.31. The van der Waals surface area contributed by atoms with Gasteiger partial charge in [-0.1, -0.05) is 75.7 Å². The normalized spacial score (nSPS) is 11.0. The van der Waals surface area contributed by atoms with Gasteiger partial charge < -0.3 is 0 Å². The van der Waals surface area contributed by atoms with Crippen molar-refractivity contribution in [2.45, 2.75) is 5.16 Å². The largest absolute Gasteiger partial charge is 0.288 e. The Morgan fingerprint density at radius 2 is 1.89 bits per heavy atom. The SMILES string of the molecule is O=C(CSc1nnc(-c2ccccc2)n1-c1ccc(Br)cc1)N/N=C/c1ccc(Cl)c([N+](=O)[O-])c1. The molecule has 0 atom stereocenters. The number of amides is 1. The zero-order valence-corrected chi connectivity index (χ0v) is 21.0. The number of nitrogens with zero attached hydrogens (tertiary/aromatic N) is 5. The van der Waals surface area contributed by atoms with E-state index in [9.17, 15) is 14.9 Å². The summed E-state index contributed by atoms with van der Waals surface area (Å²) in [5, 5.41) is 24.1. The molecular formula is C23H16BrClN6O3S. The lowest BCUT2D eigenvalue weighted by molar-refractivity contribution is -0.384. The average molecular weight is 572 g/mol. The topological polar surface area (TPSA) is 115 Å². The van der Waals surface area contributed by atoms with Crippen LogP contribution in [0.2, 0.25) is 5.02 Å². The van der Waals surface area contributed by atoms with E-state index in [2.05, 4.69) is 36.7 Å². The van der Waals surface area contributed by atoms with Gasteiger partial charge in [0.15, 0.2) is 11.0 Å². The Bertz CT molecular complexity index is 1400. The van der Waals surface area contributed by atoms with Crippen LogP contribution in [-0.2, 0) is 4.79 Å². The molecule has 0 saturated heterocycles. The van der Waals surface area contributed by atoms with E-state index in [1.807, 2.05) is 59.2 Å². The van der Waals surface area contributed by atoms with E-state index in [-0.39, 0.29) is 22.4 Å². The molecule has 0 aliphatic heterocycles. The summed E-state index contributed by atoms with van der Waals surface area (Å²) in [4.78, 5) is 22.8. The Balaban J connectivity index is 1.48. The molecular weight excluding hydrogens is 556 g/mol. The molecule has 0 saturated carbocycles. The van der Waals surface area contributed by atoms with Gasteiger partial charge in [-0.2, -0.15) is 5.10 Å². The van der Waals surface area contributed by atoms with Gasteiger partial charge in [0, 0.05) is 27.4 Å². The first-order valence-corrected chi connectivity index (χ1v) is 12.2. The number of thioether (sulfide) groups is 1. The summed E-state index contributed by atoms with van der Waals surface area (Å²) in [5.41, 5.74) is 4.34. The van der Waals surface area contributed by atoms with Crippen LogP contribution in [0.5, 0.6) is 0 Å². The summed E-state index contributed by atoms with van der Waals surface area (Å²) in [5.74, 6) is 0.307. The van der Waals surface area contributed by atoms with Gasteiger partial charge in [0.25, 0.3) is 11.6 Å². The van der Waals surface area contributed by atoms with Crippen LogP contribution in [0.15, 0.2) is 87.5 Å². The number of hydrogen-bond donors (Lipinski definition) is 1. The Morgan fingerprint density at radius 3 is 2.60 bits per heavy atom. The second-order valence-electron chi connectivity index (χ2n) is 7.03. The Labute approximate surface area is 217 Å². The Hall–Kier alpha value is -3.54. The molecule has 12 heteroatoms. The number of nitrogens with one attached hydrogen (secondary N) is 1. The second-order valence-corrected chi connectivity index (χ2v) is 9.30. The third-order valence-corrected chi connectivity index (χ3v) is 6.43. The monoisotopic (exact) mass is 570 g/mol. The first-order chi connectivity index (χ1) is 16.9. The number of hydrogen-bond acceptors (Lipinski definition) is 7. The quantitative estimate of drug-likeness (QED) is 0.129. The smallest absolute Gasteiger partial charge is 0.272 e. The molecule has 0 radical (unpaired) electrons. The van der Waals surface area contributed by atoms with Crippen LogP contribution in [0.25, 0.3) is 17.1 Å². The van der Waals surface area contributed by atoms with Gasteiger partial charge >= 0.3 is 0 Å². The van der Waals surface area contributed by atoms with Gasteiger partial charge in [-0.15, -0.1) is 10.2 Å². The van der Waals surface area contributed by atoms with Crippen molar-refractivity contribution < 1.29 is 9.72 Å². The Morgan fingerprint density at radius 1 is 1.14 bits per heavy atom. The molecule has 176 valence electrons. The minimum Gasteiger partial charge on any atom is -0.272 e. The lowest BCUT2D eigenvalue weighted by Crippen LogP contribution is -2.20. The predicted octanol–water partition coefficient (Wildman–Crippen LogP) is 5.50. The van der Waals surface area contributed by atoms with E-state index in [0.717, 1.165) is 15.7 Å². The maximum absolute atomic E-state index is 12.4. The number of halogens is 2. The van der Waals surface area contributed by atoms with E-state index in [1.165, 1.54) is 30.1 Å². The molecule has 0 spiro atoms. The van der Waals surface area contributed by atoms with E-state index < -0.39 is 4.92 Å². The fourth-order valence-corrected chi connectivity index (χ4v) is 4.25. The van der Waals surface area contributed by atoms with E-state index in [4.69, 9.17) is 11.6 Å². The maximum Gasteiger partial charge on any atom is 0.288 e. The Kier molecular flexibility index (Phi) is 7.91. The zero-order chi connectivity index (χ0) is 24.8. The van der Waals surface area contributed by atoms with Crippen LogP contribution in [0.1, 0.15) is 5.56 Å². The summed E-state index contributed by atoms with van der Waals surface area (Å²) in [7, 11) is 0. The molecule has 1 aromatic heterocycles. The molecule has 1 N–H and O–H groups in total. The summed E-state index contributed by atoms with van der Waals surface area (Å²) >= 11 is 10.5. The van der Waals surface area contributed by atoms with E-state index in [0.29, 0.717) is 16.5 Å². The number of nitro benzene ring substituents is 1. The standard InChI is InChI=1S/C23H16BrClN6O3S/c24-17-7-9-18(10-8-17)30-22(16-4-2-1-3-5-16)28-29-23(30)35-14-21(32)27-26-13-15-6-11-19(25)20(12-15)31(33)34/h1-13H,14H2,(H,27,32)/b26-13+. The molecule has 0 unspecified atom stereocenters. The molecule has 35 heavy (non-hydrogen) atoms. The van der Waals surface area contributed by atoms with Crippen molar-refractivity contribution in [2.75, 3.05) is 5.75 Å². The van der Waals surface area contributed by atoms with Crippen molar-refractivity contribution in [3.05, 3.63) is 98.0 Å². The van der Waals surface area contributed by atoms with Gasteiger partial charge in [0.1, 0.15) is 5.02 Å². The molecule has 1 amide bonds. The highest BCUT2D eigenvalue weighted by atomic mass is 79.9. The second kappa shape index (κ2) is 11.3. The van der Waals surface area contributed by atoms with Crippen molar-refractivity contribution >= 4 is 57.1 Å². The highest BCUT2D eigenvalue weighted by molar-refractivity contribution is 9.10. The van der Waals surface area contributed by atoms with Crippen molar-refractivity contribution in [1.29, 1.82) is 0 Å². The van der Waals surface area contributed by atoms with Crippen LogP contribution >= 0.6 is 39.3 Å². The van der Waals surface area contributed by atoms with Crippen LogP contribution in [0.4, 0.5) is 5.69 Å². The predicted molar refractivity (Wildman–Crippen MR) is 139 cm³/mol. The maximum atomic E-state index is 12.4. The molecule has 0 aliphatic rings. The van der Waals surface area contributed by atoms with Crippen molar-refractivity contribution in [3.63, 3.8) is 0 Å². The average Bonchev–Trinajstić information content (AvgIpc) is 3.28. The molecule has 4 rings (SSSR count). The molecule has 4 aromatic rings. The van der Waals surface area contributed by atoms with Gasteiger partial charge in [-0.3, -0.25) is 19.5 Å². The number of nitro groups is 1. The number of benzene rings is 3. The first-order valence-electron chi connectivity index (χ1n) is 10.1. The molecule has 0 fully saturated rings. The molecule has 1 heterocycles. The fourth-order valence-electron chi connectivity index (χ4n) is 3.05. The zero-order valence-electron chi connectivity index (χ0n) is 17.8. The summed E-state index contributed by atoms with van der Waals surface area (Å²) in [6.45, 7) is 0. The third kappa shape index (κ3) is 6.13. The number of carbonyl (C=O) groups is 1. The van der Waals surface area contributed by atoms with Gasteiger partial charge in [0.2, 0.25) is 0 Å².